The van der Waals surface area contributed by atoms with Gasteiger partial charge in [0.05, 0.1) is 0 Å². The Labute approximate surface area is 136 Å². The Morgan fingerprint density at radius 2 is 2.10 bits per heavy atom. The number of furan rings is 1. The van der Waals surface area contributed by atoms with Gasteiger partial charge in [0.15, 0.2) is 3.77 Å². The lowest BCUT2D eigenvalue weighted by Gasteiger charge is -2.08. The SMILES string of the molecule is Cc1ccc(NC(=O)/C(C#N)=C\c2ccc(I)o2)c(C)c1. The van der Waals surface area contributed by atoms with Gasteiger partial charge in [-0.1, -0.05) is 17.7 Å². The van der Waals surface area contributed by atoms with E-state index in [2.05, 4.69) is 5.32 Å². The van der Waals surface area contributed by atoms with Crippen molar-refractivity contribution in [3.05, 3.63) is 56.6 Å². The molecule has 2 rings (SSSR count). The fraction of sp³-hybridized carbons (Fsp3) is 0.125. The number of hydrogen-bond donors (Lipinski definition) is 1. The second-order valence-electron chi connectivity index (χ2n) is 4.58. The zero-order chi connectivity index (χ0) is 15.4. The van der Waals surface area contributed by atoms with E-state index in [-0.39, 0.29) is 5.57 Å². The van der Waals surface area contributed by atoms with Crippen LogP contribution in [0.1, 0.15) is 16.9 Å². The van der Waals surface area contributed by atoms with Gasteiger partial charge in [0.25, 0.3) is 5.91 Å². The molecule has 2 aromatic rings. The first kappa shape index (κ1) is 15.3. The average Bonchev–Trinajstić information content (AvgIpc) is 2.84. The van der Waals surface area contributed by atoms with E-state index in [1.54, 1.807) is 12.1 Å². The topological polar surface area (TPSA) is 66.0 Å². The predicted octanol–water partition coefficient (Wildman–Crippen LogP) is 4.05. The van der Waals surface area contributed by atoms with Gasteiger partial charge >= 0.3 is 0 Å². The number of hydrogen-bond acceptors (Lipinski definition) is 3. The van der Waals surface area contributed by atoms with Crippen LogP contribution in [0.3, 0.4) is 0 Å². The third kappa shape index (κ3) is 3.95. The maximum Gasteiger partial charge on any atom is 0.266 e. The first-order valence-corrected chi connectivity index (χ1v) is 7.33. The molecular weight excluding hydrogens is 379 g/mol. The number of carbonyl (C=O) groups is 1. The predicted molar refractivity (Wildman–Crippen MR) is 89.6 cm³/mol. The summed E-state index contributed by atoms with van der Waals surface area (Å²) in [6.45, 7) is 3.89. The maximum absolute atomic E-state index is 12.1. The van der Waals surface area contributed by atoms with Crippen LogP contribution in [0.15, 0.2) is 40.3 Å². The monoisotopic (exact) mass is 392 g/mol. The fourth-order valence-electron chi connectivity index (χ4n) is 1.84. The van der Waals surface area contributed by atoms with E-state index in [1.165, 1.54) is 6.08 Å². The highest BCUT2D eigenvalue weighted by molar-refractivity contribution is 14.1. The van der Waals surface area contributed by atoms with Gasteiger partial charge in [-0.3, -0.25) is 4.79 Å². The van der Waals surface area contributed by atoms with Crippen molar-refractivity contribution in [2.45, 2.75) is 13.8 Å². The largest absolute Gasteiger partial charge is 0.451 e. The van der Waals surface area contributed by atoms with E-state index in [1.807, 2.05) is 60.7 Å². The number of halogens is 1. The quantitative estimate of drug-likeness (QED) is 0.487. The summed E-state index contributed by atoms with van der Waals surface area (Å²) in [5, 5.41) is 11.9. The molecule has 1 aromatic heterocycles. The third-order valence-electron chi connectivity index (χ3n) is 2.88. The van der Waals surface area contributed by atoms with Crippen LogP contribution in [-0.2, 0) is 4.79 Å². The van der Waals surface area contributed by atoms with Gasteiger partial charge in [-0.05, 0) is 60.2 Å². The van der Waals surface area contributed by atoms with E-state index in [9.17, 15) is 4.79 Å². The zero-order valence-electron chi connectivity index (χ0n) is 11.6. The van der Waals surface area contributed by atoms with Gasteiger partial charge in [-0.25, -0.2) is 0 Å². The molecule has 0 saturated carbocycles. The van der Waals surface area contributed by atoms with Gasteiger partial charge in [0, 0.05) is 11.8 Å². The highest BCUT2D eigenvalue weighted by Gasteiger charge is 2.12. The van der Waals surface area contributed by atoms with Gasteiger partial charge < -0.3 is 9.73 Å². The Hall–Kier alpha value is -2.07. The average molecular weight is 392 g/mol. The van der Waals surface area contributed by atoms with Crippen molar-refractivity contribution in [2.75, 3.05) is 5.32 Å². The van der Waals surface area contributed by atoms with E-state index in [4.69, 9.17) is 9.68 Å². The molecule has 1 heterocycles. The molecule has 0 aliphatic carbocycles. The van der Waals surface area contributed by atoms with Crippen molar-refractivity contribution in [1.29, 1.82) is 5.26 Å². The Balaban J connectivity index is 2.21. The lowest BCUT2D eigenvalue weighted by molar-refractivity contribution is -0.112. The lowest BCUT2D eigenvalue weighted by atomic mass is 10.1. The fourth-order valence-corrected chi connectivity index (χ4v) is 2.27. The molecule has 0 unspecified atom stereocenters. The Morgan fingerprint density at radius 3 is 2.67 bits per heavy atom. The Bertz CT molecular complexity index is 754. The number of nitrogens with one attached hydrogen (secondary N) is 1. The molecule has 0 saturated heterocycles. The molecule has 0 spiro atoms. The summed E-state index contributed by atoms with van der Waals surface area (Å²) >= 11 is 2.02. The standard InChI is InChI=1S/C16H13IN2O2/c1-10-3-5-14(11(2)7-10)19-16(20)12(9-18)8-13-4-6-15(17)21-13/h3-8H,1-2H3,(H,19,20)/b12-8-. The molecule has 1 N–H and O–H groups in total. The molecule has 21 heavy (non-hydrogen) atoms. The van der Waals surface area contributed by atoms with Gasteiger partial charge in [-0.15, -0.1) is 0 Å². The normalized spacial score (nSPS) is 11.0. The number of carbonyl (C=O) groups excluding carboxylic acids is 1. The molecule has 0 atom stereocenters. The van der Waals surface area contributed by atoms with Crippen LogP contribution in [-0.4, -0.2) is 5.91 Å². The maximum atomic E-state index is 12.1. The van der Waals surface area contributed by atoms with Gasteiger partial charge in [0.2, 0.25) is 0 Å². The van der Waals surface area contributed by atoms with Crippen molar-refractivity contribution < 1.29 is 9.21 Å². The first-order chi connectivity index (χ1) is 9.99. The smallest absolute Gasteiger partial charge is 0.266 e. The molecule has 0 radical (unpaired) electrons. The summed E-state index contributed by atoms with van der Waals surface area (Å²) in [6, 6.07) is 11.1. The molecule has 0 fully saturated rings. The Morgan fingerprint density at radius 1 is 1.33 bits per heavy atom. The van der Waals surface area contributed by atoms with Crippen LogP contribution in [0.5, 0.6) is 0 Å². The van der Waals surface area contributed by atoms with Crippen molar-refractivity contribution in [1.82, 2.24) is 0 Å². The van der Waals surface area contributed by atoms with Gasteiger partial charge in [0.1, 0.15) is 17.4 Å². The number of rotatable bonds is 3. The number of nitrogens with zero attached hydrogens (tertiary/aromatic N) is 1. The van der Waals surface area contributed by atoms with Crippen LogP contribution in [0.2, 0.25) is 0 Å². The van der Waals surface area contributed by atoms with Crippen LogP contribution in [0.4, 0.5) is 5.69 Å². The second-order valence-corrected chi connectivity index (χ2v) is 5.65. The van der Waals surface area contributed by atoms with E-state index < -0.39 is 5.91 Å². The molecule has 5 heteroatoms. The minimum atomic E-state index is -0.448. The summed E-state index contributed by atoms with van der Waals surface area (Å²) in [4.78, 5) is 12.1. The highest BCUT2D eigenvalue weighted by Crippen LogP contribution is 2.18. The molecule has 106 valence electrons. The van der Waals surface area contributed by atoms with Gasteiger partial charge in [-0.2, -0.15) is 5.26 Å². The van der Waals surface area contributed by atoms with Crippen molar-refractivity contribution in [3.63, 3.8) is 0 Å². The van der Waals surface area contributed by atoms with E-state index in [0.717, 1.165) is 11.1 Å². The first-order valence-electron chi connectivity index (χ1n) is 6.25. The number of aryl methyl sites for hydroxylation is 2. The second kappa shape index (κ2) is 6.59. The van der Waals surface area contributed by atoms with Crippen molar-refractivity contribution in [2.24, 2.45) is 0 Å². The van der Waals surface area contributed by atoms with Crippen LogP contribution in [0, 0.1) is 28.9 Å². The summed E-state index contributed by atoms with van der Waals surface area (Å²) in [6.07, 6.45) is 1.43. The minimum absolute atomic E-state index is 0.000671. The van der Waals surface area contributed by atoms with Crippen LogP contribution in [0.25, 0.3) is 6.08 Å². The third-order valence-corrected chi connectivity index (χ3v) is 3.46. The molecule has 4 nitrogen and oxygen atoms in total. The summed E-state index contributed by atoms with van der Waals surface area (Å²) in [7, 11) is 0. The lowest BCUT2D eigenvalue weighted by Crippen LogP contribution is -2.14. The summed E-state index contributed by atoms with van der Waals surface area (Å²) < 4.78 is 6.03. The minimum Gasteiger partial charge on any atom is -0.451 e. The zero-order valence-corrected chi connectivity index (χ0v) is 13.8. The van der Waals surface area contributed by atoms with Crippen molar-refractivity contribution in [3.8, 4) is 6.07 Å². The molecule has 0 aliphatic rings. The summed E-state index contributed by atoms with van der Waals surface area (Å²) in [5.74, 6) is 0.0302. The Kier molecular flexibility index (Phi) is 4.81. The van der Waals surface area contributed by atoms with Crippen molar-refractivity contribution >= 4 is 40.3 Å². The number of benzene rings is 1. The highest BCUT2D eigenvalue weighted by atomic mass is 127. The van der Waals surface area contributed by atoms with E-state index in [0.29, 0.717) is 15.2 Å². The molecule has 1 amide bonds. The molecule has 1 aromatic carbocycles. The van der Waals surface area contributed by atoms with Crippen LogP contribution < -0.4 is 5.32 Å². The number of amides is 1. The molecular formula is C16H13IN2O2. The number of anilines is 1. The van der Waals surface area contributed by atoms with E-state index >= 15 is 0 Å². The molecule has 0 aliphatic heterocycles. The molecule has 0 bridgehead atoms. The summed E-state index contributed by atoms with van der Waals surface area (Å²) in [5.41, 5.74) is 2.77. The van der Waals surface area contributed by atoms with Crippen LogP contribution >= 0.6 is 22.6 Å². The number of nitriles is 1.